The van der Waals surface area contributed by atoms with Crippen LogP contribution in [0.15, 0.2) is 18.2 Å². The van der Waals surface area contributed by atoms with E-state index in [9.17, 15) is 14.4 Å². The maximum Gasteiger partial charge on any atom is 0.261 e. The maximum atomic E-state index is 13.0. The van der Waals surface area contributed by atoms with E-state index in [2.05, 4.69) is 15.7 Å². The number of anilines is 1. The van der Waals surface area contributed by atoms with E-state index in [-0.39, 0.29) is 23.8 Å². The predicted octanol–water partition coefficient (Wildman–Crippen LogP) is 2.25. The number of hydrogen-bond donors (Lipinski definition) is 2. The molecular weight excluding hydrogens is 382 g/mol. The van der Waals surface area contributed by atoms with E-state index in [0.717, 1.165) is 56.3 Å². The van der Waals surface area contributed by atoms with Crippen molar-refractivity contribution in [3.8, 4) is 0 Å². The highest BCUT2D eigenvalue weighted by Gasteiger charge is 2.40. The standard InChI is InChI=1S/C22H25N5O3/c1-26-19(17-12-23-10-9-18(17)25-26)24-20(28)13-7-8-15-16(11-13)22(30)27(21(15)29)14-5-3-2-4-6-14/h7-8,11,14,23H,2-6,9-10,12H2,1H3,(H,24,28). The van der Waals surface area contributed by atoms with Crippen molar-refractivity contribution < 1.29 is 14.4 Å². The van der Waals surface area contributed by atoms with Gasteiger partial charge in [-0.25, -0.2) is 0 Å². The van der Waals surface area contributed by atoms with Gasteiger partial charge in [-0.2, -0.15) is 5.10 Å². The molecule has 0 saturated heterocycles. The first kappa shape index (κ1) is 19.0. The summed E-state index contributed by atoms with van der Waals surface area (Å²) in [5, 5.41) is 10.7. The fraction of sp³-hybridized carbons (Fsp3) is 0.455. The second kappa shape index (κ2) is 7.36. The van der Waals surface area contributed by atoms with Crippen LogP contribution >= 0.6 is 0 Å². The molecule has 3 heterocycles. The molecule has 156 valence electrons. The zero-order valence-electron chi connectivity index (χ0n) is 17.0. The maximum absolute atomic E-state index is 13.0. The molecule has 0 atom stereocenters. The summed E-state index contributed by atoms with van der Waals surface area (Å²) in [6.07, 6.45) is 5.77. The summed E-state index contributed by atoms with van der Waals surface area (Å²) in [5.74, 6) is -0.168. The third-order valence-corrected chi connectivity index (χ3v) is 6.42. The Balaban J connectivity index is 1.40. The van der Waals surface area contributed by atoms with Crippen LogP contribution in [-0.4, -0.2) is 45.0 Å². The molecule has 8 heteroatoms. The average Bonchev–Trinajstić information content (AvgIpc) is 3.21. The lowest BCUT2D eigenvalue weighted by molar-refractivity contribution is 0.0549. The normalized spacial score (nSPS) is 19.0. The molecule has 0 radical (unpaired) electrons. The minimum absolute atomic E-state index is 0.0307. The molecule has 3 aliphatic rings. The molecular formula is C22H25N5O3. The van der Waals surface area contributed by atoms with Crippen molar-refractivity contribution in [3.05, 3.63) is 46.1 Å². The van der Waals surface area contributed by atoms with Crippen LogP contribution in [-0.2, 0) is 20.0 Å². The van der Waals surface area contributed by atoms with Crippen molar-refractivity contribution in [2.75, 3.05) is 11.9 Å². The van der Waals surface area contributed by atoms with Crippen molar-refractivity contribution in [2.45, 2.75) is 51.1 Å². The lowest BCUT2D eigenvalue weighted by atomic mass is 9.94. The smallest absolute Gasteiger partial charge is 0.261 e. The number of rotatable bonds is 3. The van der Waals surface area contributed by atoms with Crippen molar-refractivity contribution >= 4 is 23.5 Å². The van der Waals surface area contributed by atoms with Crippen molar-refractivity contribution in [1.82, 2.24) is 20.0 Å². The molecule has 2 aliphatic heterocycles. The zero-order valence-corrected chi connectivity index (χ0v) is 17.0. The third kappa shape index (κ3) is 3.02. The molecule has 3 amide bonds. The van der Waals surface area contributed by atoms with Crippen LogP contribution in [0.4, 0.5) is 5.82 Å². The molecule has 2 aromatic rings. The van der Waals surface area contributed by atoms with Crippen LogP contribution in [0.25, 0.3) is 0 Å². The fourth-order valence-corrected chi connectivity index (χ4v) is 4.84. The molecule has 1 aliphatic carbocycles. The highest BCUT2D eigenvalue weighted by Crippen LogP contribution is 2.32. The summed E-state index contributed by atoms with van der Waals surface area (Å²) in [7, 11) is 1.81. The van der Waals surface area contributed by atoms with Crippen molar-refractivity contribution in [3.63, 3.8) is 0 Å². The van der Waals surface area contributed by atoms with E-state index in [0.29, 0.717) is 29.1 Å². The summed E-state index contributed by atoms with van der Waals surface area (Å²) < 4.78 is 1.68. The van der Waals surface area contributed by atoms with Gasteiger partial charge in [0, 0.05) is 43.7 Å². The highest BCUT2D eigenvalue weighted by atomic mass is 16.2. The second-order valence-electron chi connectivity index (χ2n) is 8.31. The number of nitrogens with zero attached hydrogens (tertiary/aromatic N) is 3. The van der Waals surface area contributed by atoms with Gasteiger partial charge in [0.25, 0.3) is 17.7 Å². The number of hydrogen-bond acceptors (Lipinski definition) is 5. The monoisotopic (exact) mass is 407 g/mol. The number of aromatic nitrogens is 2. The topological polar surface area (TPSA) is 96.3 Å². The first-order valence-corrected chi connectivity index (χ1v) is 10.6. The summed E-state index contributed by atoms with van der Waals surface area (Å²) >= 11 is 0. The number of imide groups is 1. The van der Waals surface area contributed by atoms with Gasteiger partial charge in [-0.3, -0.25) is 24.0 Å². The minimum atomic E-state index is -0.314. The van der Waals surface area contributed by atoms with Gasteiger partial charge in [-0.15, -0.1) is 0 Å². The van der Waals surface area contributed by atoms with Gasteiger partial charge in [0.15, 0.2) is 0 Å². The Bertz CT molecular complexity index is 1050. The van der Waals surface area contributed by atoms with Gasteiger partial charge in [0.05, 0.1) is 16.8 Å². The van der Waals surface area contributed by atoms with Crippen LogP contribution in [0, 0.1) is 0 Å². The van der Waals surface area contributed by atoms with E-state index >= 15 is 0 Å². The Kier molecular flexibility index (Phi) is 4.66. The Labute approximate surface area is 174 Å². The first-order chi connectivity index (χ1) is 14.5. The Morgan fingerprint density at radius 2 is 1.90 bits per heavy atom. The first-order valence-electron chi connectivity index (χ1n) is 10.6. The summed E-state index contributed by atoms with van der Waals surface area (Å²) in [5.41, 5.74) is 3.06. The molecule has 0 bridgehead atoms. The van der Waals surface area contributed by atoms with Gasteiger partial charge < -0.3 is 10.6 Å². The number of fused-ring (bicyclic) bond motifs is 2. The number of carbonyl (C=O) groups excluding carboxylic acids is 3. The van der Waals surface area contributed by atoms with Gasteiger partial charge in [0.1, 0.15) is 5.82 Å². The zero-order chi connectivity index (χ0) is 20.8. The van der Waals surface area contributed by atoms with Gasteiger partial charge in [0.2, 0.25) is 0 Å². The number of carbonyl (C=O) groups is 3. The molecule has 1 saturated carbocycles. The molecule has 5 rings (SSSR count). The van der Waals surface area contributed by atoms with Crippen LogP contribution < -0.4 is 10.6 Å². The van der Waals surface area contributed by atoms with E-state index < -0.39 is 0 Å². The van der Waals surface area contributed by atoms with E-state index in [1.165, 1.54) is 4.90 Å². The highest BCUT2D eigenvalue weighted by molar-refractivity contribution is 6.22. The molecule has 0 spiro atoms. The average molecular weight is 407 g/mol. The summed E-state index contributed by atoms with van der Waals surface area (Å²) in [6.45, 7) is 1.53. The molecule has 30 heavy (non-hydrogen) atoms. The quantitative estimate of drug-likeness (QED) is 0.761. The fourth-order valence-electron chi connectivity index (χ4n) is 4.84. The molecule has 2 N–H and O–H groups in total. The Morgan fingerprint density at radius 3 is 2.70 bits per heavy atom. The van der Waals surface area contributed by atoms with Crippen LogP contribution in [0.3, 0.4) is 0 Å². The number of nitrogens with one attached hydrogen (secondary N) is 2. The summed E-state index contributed by atoms with van der Waals surface area (Å²) in [4.78, 5) is 40.2. The summed E-state index contributed by atoms with van der Waals surface area (Å²) in [6, 6.07) is 4.74. The lowest BCUT2D eigenvalue weighted by Crippen LogP contribution is -2.40. The van der Waals surface area contributed by atoms with E-state index in [4.69, 9.17) is 0 Å². The predicted molar refractivity (Wildman–Crippen MR) is 110 cm³/mol. The van der Waals surface area contributed by atoms with E-state index in [1.54, 1.807) is 29.9 Å². The molecule has 0 unspecified atom stereocenters. The molecule has 8 nitrogen and oxygen atoms in total. The Hall–Kier alpha value is -3.00. The number of benzene rings is 1. The minimum Gasteiger partial charge on any atom is -0.312 e. The lowest BCUT2D eigenvalue weighted by Gasteiger charge is -2.29. The number of aryl methyl sites for hydroxylation is 1. The van der Waals surface area contributed by atoms with Crippen molar-refractivity contribution in [2.24, 2.45) is 7.05 Å². The SMILES string of the molecule is Cn1nc2c(c1NC(=O)c1ccc3c(c1)C(=O)N(C1CCCCC1)C3=O)CNCC2. The van der Waals surface area contributed by atoms with Gasteiger partial charge in [-0.05, 0) is 31.0 Å². The molecule has 1 aromatic heterocycles. The third-order valence-electron chi connectivity index (χ3n) is 6.42. The van der Waals surface area contributed by atoms with Crippen LogP contribution in [0.1, 0.15) is 74.4 Å². The van der Waals surface area contributed by atoms with Crippen LogP contribution in [0.2, 0.25) is 0 Å². The van der Waals surface area contributed by atoms with Gasteiger partial charge in [-0.1, -0.05) is 19.3 Å². The van der Waals surface area contributed by atoms with Gasteiger partial charge >= 0.3 is 0 Å². The van der Waals surface area contributed by atoms with Crippen LogP contribution in [0.5, 0.6) is 0 Å². The number of amides is 3. The molecule has 1 aromatic carbocycles. The van der Waals surface area contributed by atoms with E-state index in [1.807, 2.05) is 0 Å². The second-order valence-corrected chi connectivity index (χ2v) is 8.31. The van der Waals surface area contributed by atoms with Crippen molar-refractivity contribution in [1.29, 1.82) is 0 Å². The Morgan fingerprint density at radius 1 is 1.13 bits per heavy atom. The largest absolute Gasteiger partial charge is 0.312 e. The molecule has 1 fully saturated rings.